The van der Waals surface area contributed by atoms with Crippen molar-refractivity contribution in [2.24, 2.45) is 0 Å². The van der Waals surface area contributed by atoms with Gasteiger partial charge in [-0.05, 0) is 48.5 Å². The Hall–Kier alpha value is -3.39. The smallest absolute Gasteiger partial charge is 0.323 e. The Labute approximate surface area is 161 Å². The molecule has 3 N–H and O–H groups in total. The van der Waals surface area contributed by atoms with Crippen LogP contribution in [0.1, 0.15) is 10.4 Å². The molecule has 0 fully saturated rings. The van der Waals surface area contributed by atoms with Gasteiger partial charge >= 0.3 is 5.69 Å². The van der Waals surface area contributed by atoms with Gasteiger partial charge in [-0.1, -0.05) is 22.0 Å². The molecule has 0 aliphatic rings. The summed E-state index contributed by atoms with van der Waals surface area (Å²) in [6.07, 6.45) is 1.56. The molecule has 0 saturated heterocycles. The molecule has 134 valence electrons. The van der Waals surface area contributed by atoms with Crippen LogP contribution in [0.15, 0.2) is 70.1 Å². The number of nitrogens with one attached hydrogen (secondary N) is 3. The van der Waals surface area contributed by atoms with Crippen LogP contribution in [0.25, 0.3) is 11.0 Å². The van der Waals surface area contributed by atoms with E-state index in [0.717, 1.165) is 4.47 Å². The first-order valence-electron chi connectivity index (χ1n) is 8.00. The lowest BCUT2D eigenvalue weighted by Crippen LogP contribution is -2.13. The number of aromatic nitrogens is 3. The molecule has 0 spiro atoms. The second kappa shape index (κ2) is 7.08. The van der Waals surface area contributed by atoms with E-state index in [1.807, 2.05) is 12.1 Å². The van der Waals surface area contributed by atoms with Crippen LogP contribution in [0.5, 0.6) is 11.6 Å². The predicted octanol–water partition coefficient (Wildman–Crippen LogP) is 4.06. The SMILES string of the molecule is O=C(Nc1ccc2[nH]c(=O)[nH]c2c1)c1cccnc1Oc1cccc(Br)c1. The summed E-state index contributed by atoms with van der Waals surface area (Å²) in [6.45, 7) is 0. The van der Waals surface area contributed by atoms with Gasteiger partial charge in [0.05, 0.1) is 11.0 Å². The third-order valence-corrected chi connectivity index (χ3v) is 4.29. The van der Waals surface area contributed by atoms with Crippen LogP contribution >= 0.6 is 15.9 Å². The molecule has 7 nitrogen and oxygen atoms in total. The number of halogens is 1. The molecule has 2 aromatic heterocycles. The van der Waals surface area contributed by atoms with Gasteiger partial charge in [0.1, 0.15) is 11.3 Å². The molecular formula is C19H13BrN4O3. The molecule has 0 aliphatic heterocycles. The van der Waals surface area contributed by atoms with Crippen molar-refractivity contribution in [2.45, 2.75) is 0 Å². The standard InChI is InChI=1S/C19H13BrN4O3/c20-11-3-1-4-13(9-11)27-18-14(5-2-8-21-18)17(25)22-12-6-7-15-16(10-12)24-19(26)23-15/h1-10H,(H,22,25)(H2,23,24,26). The van der Waals surface area contributed by atoms with Crippen LogP contribution in [-0.2, 0) is 0 Å². The van der Waals surface area contributed by atoms with E-state index in [2.05, 4.69) is 36.2 Å². The second-order valence-electron chi connectivity index (χ2n) is 5.71. The number of hydrogen-bond donors (Lipinski definition) is 3. The normalized spacial score (nSPS) is 10.7. The minimum atomic E-state index is -0.370. The number of imidazole rings is 1. The molecule has 1 amide bonds. The number of nitrogens with zero attached hydrogens (tertiary/aromatic N) is 1. The van der Waals surface area contributed by atoms with Gasteiger partial charge in [0.25, 0.3) is 5.91 Å². The first-order valence-corrected chi connectivity index (χ1v) is 8.80. The highest BCUT2D eigenvalue weighted by molar-refractivity contribution is 9.10. The topological polar surface area (TPSA) is 99.9 Å². The fourth-order valence-electron chi connectivity index (χ4n) is 2.60. The Bertz CT molecular complexity index is 1200. The number of carbonyl (C=O) groups is 1. The number of amides is 1. The maximum atomic E-state index is 12.7. The van der Waals surface area contributed by atoms with Crippen LogP contribution < -0.4 is 15.7 Å². The molecule has 0 atom stereocenters. The Morgan fingerprint density at radius 1 is 1.04 bits per heavy atom. The Morgan fingerprint density at radius 3 is 2.74 bits per heavy atom. The minimum absolute atomic E-state index is 0.198. The quantitative estimate of drug-likeness (QED) is 0.459. The van der Waals surface area contributed by atoms with E-state index in [9.17, 15) is 9.59 Å². The van der Waals surface area contributed by atoms with Crippen LogP contribution in [0.2, 0.25) is 0 Å². The van der Waals surface area contributed by atoms with Gasteiger partial charge in [0.2, 0.25) is 5.88 Å². The van der Waals surface area contributed by atoms with Crippen molar-refractivity contribution in [3.63, 3.8) is 0 Å². The van der Waals surface area contributed by atoms with Crippen molar-refractivity contribution in [1.29, 1.82) is 0 Å². The number of H-pyrrole nitrogens is 2. The zero-order valence-corrected chi connectivity index (χ0v) is 15.4. The number of aromatic amines is 2. The van der Waals surface area contributed by atoms with Crippen molar-refractivity contribution in [3.05, 3.63) is 81.3 Å². The monoisotopic (exact) mass is 424 g/mol. The van der Waals surface area contributed by atoms with E-state index in [1.165, 1.54) is 0 Å². The summed E-state index contributed by atoms with van der Waals surface area (Å²) in [5, 5.41) is 2.79. The van der Waals surface area contributed by atoms with Gasteiger partial charge in [-0.25, -0.2) is 9.78 Å². The lowest BCUT2D eigenvalue weighted by molar-refractivity contribution is 0.102. The molecule has 0 saturated carbocycles. The van der Waals surface area contributed by atoms with E-state index in [1.54, 1.807) is 48.7 Å². The molecule has 4 aromatic rings. The largest absolute Gasteiger partial charge is 0.438 e. The number of anilines is 1. The first kappa shape index (κ1) is 17.0. The Kier molecular flexibility index (Phi) is 4.47. The summed E-state index contributed by atoms with van der Waals surface area (Å²) in [4.78, 5) is 33.6. The predicted molar refractivity (Wildman–Crippen MR) is 105 cm³/mol. The van der Waals surface area contributed by atoms with E-state index < -0.39 is 0 Å². The zero-order valence-electron chi connectivity index (χ0n) is 13.8. The number of hydrogen-bond acceptors (Lipinski definition) is 4. The third-order valence-electron chi connectivity index (χ3n) is 3.80. The van der Waals surface area contributed by atoms with Crippen molar-refractivity contribution in [3.8, 4) is 11.6 Å². The zero-order chi connectivity index (χ0) is 18.8. The summed E-state index contributed by atoms with van der Waals surface area (Å²) in [5.41, 5.74) is 1.80. The molecule has 4 rings (SSSR count). The van der Waals surface area contributed by atoms with Gasteiger partial charge in [-0.15, -0.1) is 0 Å². The Balaban J connectivity index is 1.60. The molecule has 2 heterocycles. The second-order valence-corrected chi connectivity index (χ2v) is 6.62. The number of rotatable bonds is 4. The fourth-order valence-corrected chi connectivity index (χ4v) is 2.97. The number of fused-ring (bicyclic) bond motifs is 1. The number of pyridine rings is 1. The van der Waals surface area contributed by atoms with Crippen LogP contribution in [0.4, 0.5) is 5.69 Å². The van der Waals surface area contributed by atoms with Gasteiger partial charge in [0.15, 0.2) is 0 Å². The Morgan fingerprint density at radius 2 is 1.89 bits per heavy atom. The van der Waals surface area contributed by atoms with Crippen molar-refractivity contribution in [1.82, 2.24) is 15.0 Å². The summed E-state index contributed by atoms with van der Waals surface area (Å²) < 4.78 is 6.63. The van der Waals surface area contributed by atoms with Crippen molar-refractivity contribution in [2.75, 3.05) is 5.32 Å². The van der Waals surface area contributed by atoms with E-state index in [4.69, 9.17) is 4.74 Å². The average molecular weight is 425 g/mol. The van der Waals surface area contributed by atoms with E-state index >= 15 is 0 Å². The summed E-state index contributed by atoms with van der Waals surface area (Å²) in [5.74, 6) is 0.387. The molecule has 0 bridgehead atoms. The molecule has 27 heavy (non-hydrogen) atoms. The van der Waals surface area contributed by atoms with E-state index in [-0.39, 0.29) is 17.5 Å². The van der Waals surface area contributed by atoms with Crippen LogP contribution in [0.3, 0.4) is 0 Å². The van der Waals surface area contributed by atoms with Gasteiger partial charge in [-0.3, -0.25) is 4.79 Å². The van der Waals surface area contributed by atoms with Crippen LogP contribution in [0, 0.1) is 0 Å². The molecule has 0 aliphatic carbocycles. The van der Waals surface area contributed by atoms with Gasteiger partial charge in [-0.2, -0.15) is 0 Å². The molecular weight excluding hydrogens is 412 g/mol. The number of benzene rings is 2. The number of carbonyl (C=O) groups excluding carboxylic acids is 1. The maximum Gasteiger partial charge on any atom is 0.323 e. The third kappa shape index (κ3) is 3.75. The van der Waals surface area contributed by atoms with Crippen molar-refractivity contribution < 1.29 is 9.53 Å². The average Bonchev–Trinajstić information content (AvgIpc) is 3.01. The summed E-state index contributed by atoms with van der Waals surface area (Å²) in [6, 6.07) is 15.7. The highest BCUT2D eigenvalue weighted by Gasteiger charge is 2.15. The van der Waals surface area contributed by atoms with Gasteiger partial charge in [0, 0.05) is 16.4 Å². The number of ether oxygens (including phenoxy) is 1. The maximum absolute atomic E-state index is 12.7. The van der Waals surface area contributed by atoms with Gasteiger partial charge < -0.3 is 20.0 Å². The minimum Gasteiger partial charge on any atom is -0.438 e. The van der Waals surface area contributed by atoms with Crippen LogP contribution in [-0.4, -0.2) is 20.9 Å². The lowest BCUT2D eigenvalue weighted by atomic mass is 10.2. The van der Waals surface area contributed by atoms with Crippen molar-refractivity contribution >= 4 is 38.6 Å². The lowest BCUT2D eigenvalue weighted by Gasteiger charge is -2.10. The highest BCUT2D eigenvalue weighted by Crippen LogP contribution is 2.26. The molecule has 0 radical (unpaired) electrons. The summed E-state index contributed by atoms with van der Waals surface area (Å²) in [7, 11) is 0. The fraction of sp³-hybridized carbons (Fsp3) is 0. The highest BCUT2D eigenvalue weighted by atomic mass is 79.9. The molecule has 8 heteroatoms. The van der Waals surface area contributed by atoms with E-state index in [0.29, 0.717) is 28.0 Å². The first-order chi connectivity index (χ1) is 13.1. The molecule has 2 aromatic carbocycles. The summed E-state index contributed by atoms with van der Waals surface area (Å²) >= 11 is 3.38. The molecule has 0 unspecified atom stereocenters.